The first kappa shape index (κ1) is 15.8. The van der Waals surface area contributed by atoms with E-state index in [9.17, 15) is 4.79 Å². The van der Waals surface area contributed by atoms with Crippen LogP contribution in [0.2, 0.25) is 0 Å². The molecule has 1 heterocycles. The molecule has 0 bridgehead atoms. The molecule has 0 fully saturated rings. The summed E-state index contributed by atoms with van der Waals surface area (Å²) in [6, 6.07) is 19.8. The molecule has 1 amide bonds. The van der Waals surface area contributed by atoms with Crippen molar-refractivity contribution in [3.8, 4) is 6.07 Å². The second-order valence-corrected chi connectivity index (χ2v) is 5.62. The van der Waals surface area contributed by atoms with E-state index in [1.165, 1.54) is 0 Å². The molecular weight excluding hydrogens is 300 g/mol. The molecule has 3 aromatic rings. The van der Waals surface area contributed by atoms with E-state index in [4.69, 9.17) is 9.68 Å². The molecule has 4 nitrogen and oxygen atoms in total. The van der Waals surface area contributed by atoms with Crippen LogP contribution in [0.3, 0.4) is 0 Å². The van der Waals surface area contributed by atoms with Crippen molar-refractivity contribution in [3.05, 3.63) is 72.2 Å². The number of furan rings is 1. The van der Waals surface area contributed by atoms with E-state index in [0.29, 0.717) is 25.9 Å². The van der Waals surface area contributed by atoms with E-state index < -0.39 is 0 Å². The van der Waals surface area contributed by atoms with Crippen molar-refractivity contribution in [3.63, 3.8) is 0 Å². The summed E-state index contributed by atoms with van der Waals surface area (Å²) in [5.74, 6) is 0.720. The highest BCUT2D eigenvalue weighted by Crippen LogP contribution is 2.20. The number of hydrogen-bond acceptors (Lipinski definition) is 3. The van der Waals surface area contributed by atoms with Gasteiger partial charge in [0.1, 0.15) is 5.76 Å². The Kier molecular flexibility index (Phi) is 4.93. The number of hydrogen-bond donors (Lipinski definition) is 0. The maximum atomic E-state index is 12.8. The first-order chi connectivity index (χ1) is 11.8. The molecule has 0 spiro atoms. The molecule has 24 heavy (non-hydrogen) atoms. The van der Waals surface area contributed by atoms with Crippen LogP contribution in [0, 0.1) is 11.3 Å². The third-order valence-electron chi connectivity index (χ3n) is 3.99. The lowest BCUT2D eigenvalue weighted by atomic mass is 10.0. The maximum absolute atomic E-state index is 12.8. The zero-order chi connectivity index (χ0) is 16.8. The molecule has 0 saturated heterocycles. The topological polar surface area (TPSA) is 57.2 Å². The van der Waals surface area contributed by atoms with Crippen molar-refractivity contribution in [1.82, 2.24) is 4.90 Å². The smallest absolute Gasteiger partial charge is 0.227 e. The maximum Gasteiger partial charge on any atom is 0.227 e. The minimum absolute atomic E-state index is 0.00185. The van der Waals surface area contributed by atoms with Crippen molar-refractivity contribution < 1.29 is 9.21 Å². The van der Waals surface area contributed by atoms with Gasteiger partial charge in [-0.3, -0.25) is 4.79 Å². The average molecular weight is 318 g/mol. The van der Waals surface area contributed by atoms with E-state index in [2.05, 4.69) is 6.07 Å². The predicted octanol–water partition coefficient (Wildman–Crippen LogP) is 3.92. The Morgan fingerprint density at radius 1 is 1.08 bits per heavy atom. The molecule has 0 aliphatic rings. The largest absolute Gasteiger partial charge is 0.467 e. The normalized spacial score (nSPS) is 10.5. The molecule has 0 aliphatic carbocycles. The molecule has 4 heteroatoms. The van der Waals surface area contributed by atoms with Gasteiger partial charge in [0.05, 0.1) is 31.7 Å². The standard InChI is InChI=1S/C20H18N2O2/c21-11-5-12-22(15-18-9-4-13-24-18)20(23)14-17-8-3-7-16-6-1-2-10-19(16)17/h1-4,6-10,13H,5,12,14-15H2. The van der Waals surface area contributed by atoms with E-state index in [-0.39, 0.29) is 5.91 Å². The lowest BCUT2D eigenvalue weighted by molar-refractivity contribution is -0.131. The van der Waals surface area contributed by atoms with Crippen molar-refractivity contribution >= 4 is 16.7 Å². The van der Waals surface area contributed by atoms with Gasteiger partial charge in [0.15, 0.2) is 0 Å². The van der Waals surface area contributed by atoms with Gasteiger partial charge in [-0.05, 0) is 28.5 Å². The fourth-order valence-electron chi connectivity index (χ4n) is 2.79. The average Bonchev–Trinajstić information content (AvgIpc) is 3.12. The summed E-state index contributed by atoms with van der Waals surface area (Å²) in [4.78, 5) is 14.4. The van der Waals surface area contributed by atoms with Gasteiger partial charge in [0.2, 0.25) is 5.91 Å². The number of nitriles is 1. The van der Waals surface area contributed by atoms with Crippen molar-refractivity contribution in [2.75, 3.05) is 6.54 Å². The SMILES string of the molecule is N#CCCN(Cc1ccco1)C(=O)Cc1cccc2ccccc12. The van der Waals surface area contributed by atoms with Gasteiger partial charge in [-0.1, -0.05) is 42.5 Å². The Morgan fingerprint density at radius 2 is 1.92 bits per heavy atom. The van der Waals surface area contributed by atoms with Gasteiger partial charge in [-0.2, -0.15) is 5.26 Å². The van der Waals surface area contributed by atoms with Crippen LogP contribution in [0.1, 0.15) is 17.7 Å². The van der Waals surface area contributed by atoms with E-state index >= 15 is 0 Å². The van der Waals surface area contributed by atoms with Gasteiger partial charge in [0.25, 0.3) is 0 Å². The summed E-state index contributed by atoms with van der Waals surface area (Å²) >= 11 is 0. The number of amides is 1. The second kappa shape index (κ2) is 7.47. The highest BCUT2D eigenvalue weighted by molar-refractivity contribution is 5.90. The summed E-state index contributed by atoms with van der Waals surface area (Å²) in [7, 11) is 0. The summed E-state index contributed by atoms with van der Waals surface area (Å²) in [6.07, 6.45) is 2.21. The second-order valence-electron chi connectivity index (χ2n) is 5.62. The molecule has 2 aromatic carbocycles. The Morgan fingerprint density at radius 3 is 2.71 bits per heavy atom. The quantitative estimate of drug-likeness (QED) is 0.692. The number of carbonyl (C=O) groups excluding carboxylic acids is 1. The molecular formula is C20H18N2O2. The molecule has 3 rings (SSSR count). The van der Waals surface area contributed by atoms with Gasteiger partial charge < -0.3 is 9.32 Å². The van der Waals surface area contributed by atoms with E-state index in [1.54, 1.807) is 17.2 Å². The number of carbonyl (C=O) groups is 1. The van der Waals surface area contributed by atoms with Crippen molar-refractivity contribution in [2.45, 2.75) is 19.4 Å². The highest BCUT2D eigenvalue weighted by Gasteiger charge is 2.16. The molecule has 0 unspecified atom stereocenters. The minimum Gasteiger partial charge on any atom is -0.467 e. The van der Waals surface area contributed by atoms with Gasteiger partial charge in [-0.25, -0.2) is 0 Å². The molecule has 1 aromatic heterocycles. The van der Waals surface area contributed by atoms with Crippen LogP contribution in [0.5, 0.6) is 0 Å². The fourth-order valence-corrected chi connectivity index (χ4v) is 2.79. The summed E-state index contributed by atoms with van der Waals surface area (Å²) < 4.78 is 5.34. The first-order valence-electron chi connectivity index (χ1n) is 7.91. The Labute approximate surface area is 140 Å². The fraction of sp³-hybridized carbons (Fsp3) is 0.200. The number of benzene rings is 2. The van der Waals surface area contributed by atoms with Crippen LogP contribution in [0.4, 0.5) is 0 Å². The van der Waals surface area contributed by atoms with Crippen LogP contribution < -0.4 is 0 Å². The first-order valence-corrected chi connectivity index (χ1v) is 7.91. The Hall–Kier alpha value is -3.06. The molecule has 0 radical (unpaired) electrons. The van der Waals surface area contributed by atoms with Crippen LogP contribution in [-0.2, 0) is 17.8 Å². The van der Waals surface area contributed by atoms with Gasteiger partial charge in [0, 0.05) is 6.54 Å². The Bertz CT molecular complexity index is 857. The zero-order valence-corrected chi connectivity index (χ0v) is 13.3. The third-order valence-corrected chi connectivity index (χ3v) is 3.99. The van der Waals surface area contributed by atoms with Crippen LogP contribution >= 0.6 is 0 Å². The summed E-state index contributed by atoms with van der Waals surface area (Å²) in [5, 5.41) is 11.1. The monoisotopic (exact) mass is 318 g/mol. The lowest BCUT2D eigenvalue weighted by Gasteiger charge is -2.21. The van der Waals surface area contributed by atoms with Gasteiger partial charge in [-0.15, -0.1) is 0 Å². The third kappa shape index (κ3) is 3.64. The number of nitrogens with zero attached hydrogens (tertiary/aromatic N) is 2. The van der Waals surface area contributed by atoms with Crippen LogP contribution in [0.25, 0.3) is 10.8 Å². The number of fused-ring (bicyclic) bond motifs is 1. The number of rotatable bonds is 6. The van der Waals surface area contributed by atoms with E-state index in [1.807, 2.05) is 48.5 Å². The van der Waals surface area contributed by atoms with E-state index in [0.717, 1.165) is 22.1 Å². The minimum atomic E-state index is -0.00185. The zero-order valence-electron chi connectivity index (χ0n) is 13.3. The van der Waals surface area contributed by atoms with Crippen molar-refractivity contribution in [1.29, 1.82) is 5.26 Å². The molecule has 120 valence electrons. The van der Waals surface area contributed by atoms with Gasteiger partial charge >= 0.3 is 0 Å². The predicted molar refractivity (Wildman–Crippen MR) is 92.0 cm³/mol. The Balaban J connectivity index is 1.80. The van der Waals surface area contributed by atoms with Crippen LogP contribution in [-0.4, -0.2) is 17.4 Å². The van der Waals surface area contributed by atoms with Crippen LogP contribution in [0.15, 0.2) is 65.3 Å². The summed E-state index contributed by atoms with van der Waals surface area (Å²) in [6.45, 7) is 0.791. The summed E-state index contributed by atoms with van der Waals surface area (Å²) in [5.41, 5.74) is 1.000. The molecule has 0 aliphatic heterocycles. The molecule has 0 N–H and O–H groups in total. The molecule has 0 saturated carbocycles. The lowest BCUT2D eigenvalue weighted by Crippen LogP contribution is -2.32. The molecule has 0 atom stereocenters. The highest BCUT2D eigenvalue weighted by atomic mass is 16.3. The van der Waals surface area contributed by atoms with Crippen molar-refractivity contribution in [2.24, 2.45) is 0 Å².